The highest BCUT2D eigenvalue weighted by molar-refractivity contribution is 6.35. The third kappa shape index (κ3) is 5.31. The van der Waals surface area contributed by atoms with Gasteiger partial charge in [-0.25, -0.2) is 0 Å². The summed E-state index contributed by atoms with van der Waals surface area (Å²) in [6, 6.07) is 12.1. The highest BCUT2D eigenvalue weighted by Crippen LogP contribution is 2.25. The Morgan fingerprint density at radius 3 is 2.48 bits per heavy atom. The van der Waals surface area contributed by atoms with Gasteiger partial charge in [-0.1, -0.05) is 23.2 Å². The monoisotopic (exact) mass is 349 g/mol. The van der Waals surface area contributed by atoms with E-state index in [1.54, 1.807) is 48.7 Å². The lowest BCUT2D eigenvalue weighted by Crippen LogP contribution is -2.05. The maximum Gasteiger partial charge on any atom is 0.187 e. The predicted molar refractivity (Wildman–Crippen MR) is 95.8 cm³/mol. The van der Waals surface area contributed by atoms with Crippen molar-refractivity contribution in [3.63, 3.8) is 0 Å². The second-order valence-electron chi connectivity index (χ2n) is 5.16. The molecule has 2 aromatic carbocycles. The maximum absolute atomic E-state index is 12.1. The minimum absolute atomic E-state index is 0.100. The van der Waals surface area contributed by atoms with Gasteiger partial charge < -0.3 is 10.1 Å². The zero-order valence-corrected chi connectivity index (χ0v) is 14.4. The van der Waals surface area contributed by atoms with Crippen LogP contribution in [0.4, 0.5) is 5.69 Å². The van der Waals surface area contributed by atoms with Crippen molar-refractivity contribution in [2.75, 3.05) is 5.32 Å². The van der Waals surface area contributed by atoms with Gasteiger partial charge in [0.15, 0.2) is 5.78 Å². The third-order valence-electron chi connectivity index (χ3n) is 2.91. The SMILES string of the molecule is CC(C)Oc1ccc(C(=O)C=CNc2cc(Cl)ccc2Cl)cc1. The summed E-state index contributed by atoms with van der Waals surface area (Å²) in [5, 5.41) is 4.05. The second-order valence-corrected chi connectivity index (χ2v) is 6.00. The first-order valence-corrected chi connectivity index (χ1v) is 7.90. The van der Waals surface area contributed by atoms with E-state index in [9.17, 15) is 4.79 Å². The highest BCUT2D eigenvalue weighted by atomic mass is 35.5. The van der Waals surface area contributed by atoms with Crippen LogP contribution in [0.1, 0.15) is 24.2 Å². The van der Waals surface area contributed by atoms with Crippen LogP contribution in [0.25, 0.3) is 0 Å². The molecule has 0 saturated heterocycles. The average molecular weight is 350 g/mol. The van der Waals surface area contributed by atoms with E-state index in [4.69, 9.17) is 27.9 Å². The molecule has 5 heteroatoms. The van der Waals surface area contributed by atoms with Crippen LogP contribution in [0.2, 0.25) is 10.0 Å². The number of benzene rings is 2. The first kappa shape index (κ1) is 17.4. The zero-order valence-electron chi connectivity index (χ0n) is 12.8. The fourth-order valence-electron chi connectivity index (χ4n) is 1.88. The van der Waals surface area contributed by atoms with Crippen LogP contribution in [0.15, 0.2) is 54.7 Å². The Labute approximate surface area is 145 Å². The van der Waals surface area contributed by atoms with Crippen LogP contribution in [0.5, 0.6) is 5.75 Å². The van der Waals surface area contributed by atoms with Gasteiger partial charge in [-0.05, 0) is 56.3 Å². The van der Waals surface area contributed by atoms with Crippen molar-refractivity contribution < 1.29 is 9.53 Å². The number of hydrogen-bond acceptors (Lipinski definition) is 3. The van der Waals surface area contributed by atoms with Gasteiger partial charge >= 0.3 is 0 Å². The topological polar surface area (TPSA) is 38.3 Å². The van der Waals surface area contributed by atoms with Crippen LogP contribution in [-0.2, 0) is 0 Å². The minimum Gasteiger partial charge on any atom is -0.491 e. The molecule has 0 heterocycles. The number of nitrogens with one attached hydrogen (secondary N) is 1. The summed E-state index contributed by atoms with van der Waals surface area (Å²) >= 11 is 11.9. The van der Waals surface area contributed by atoms with Gasteiger partial charge in [-0.2, -0.15) is 0 Å². The van der Waals surface area contributed by atoms with Crippen molar-refractivity contribution in [1.82, 2.24) is 0 Å². The summed E-state index contributed by atoms with van der Waals surface area (Å²) in [6.45, 7) is 3.91. The number of halogens is 2. The van der Waals surface area contributed by atoms with E-state index in [0.717, 1.165) is 5.75 Å². The van der Waals surface area contributed by atoms with Crippen molar-refractivity contribution in [2.45, 2.75) is 20.0 Å². The van der Waals surface area contributed by atoms with Crippen LogP contribution < -0.4 is 10.1 Å². The van der Waals surface area contributed by atoms with Crippen LogP contribution in [0.3, 0.4) is 0 Å². The van der Waals surface area contributed by atoms with Crippen molar-refractivity contribution in [3.05, 3.63) is 70.3 Å². The molecule has 0 amide bonds. The Bertz CT molecular complexity index is 709. The van der Waals surface area contributed by atoms with E-state index in [1.165, 1.54) is 6.08 Å². The first-order chi connectivity index (χ1) is 11.0. The summed E-state index contributed by atoms with van der Waals surface area (Å²) in [5.41, 5.74) is 1.22. The van der Waals surface area contributed by atoms with Crippen molar-refractivity contribution in [3.8, 4) is 5.75 Å². The standard InChI is InChI=1S/C18H17Cl2NO2/c1-12(2)23-15-6-3-13(4-7-15)18(22)9-10-21-17-11-14(19)5-8-16(17)20/h3-12,21H,1-2H3. The molecule has 23 heavy (non-hydrogen) atoms. The van der Waals surface area contributed by atoms with Gasteiger partial charge in [0.25, 0.3) is 0 Å². The number of allylic oxidation sites excluding steroid dienone is 1. The van der Waals surface area contributed by atoms with Gasteiger partial charge in [0, 0.05) is 22.9 Å². The molecule has 120 valence electrons. The van der Waals surface area contributed by atoms with Crippen molar-refractivity contribution in [1.29, 1.82) is 0 Å². The summed E-state index contributed by atoms with van der Waals surface area (Å²) in [4.78, 5) is 12.1. The molecule has 2 rings (SSSR count). The minimum atomic E-state index is -0.119. The molecule has 0 fully saturated rings. The number of rotatable bonds is 6. The summed E-state index contributed by atoms with van der Waals surface area (Å²) in [7, 11) is 0. The molecule has 0 saturated carbocycles. The Morgan fingerprint density at radius 2 is 1.83 bits per heavy atom. The molecule has 0 aliphatic carbocycles. The Hall–Kier alpha value is -1.97. The molecule has 0 bridgehead atoms. The summed E-state index contributed by atoms with van der Waals surface area (Å²) in [6.07, 6.45) is 3.08. The number of carbonyl (C=O) groups excluding carboxylic acids is 1. The molecule has 2 aromatic rings. The maximum atomic E-state index is 12.1. The number of carbonyl (C=O) groups is 1. The molecule has 0 spiro atoms. The van der Waals surface area contributed by atoms with Gasteiger partial charge in [-0.3, -0.25) is 4.79 Å². The molecule has 0 aliphatic rings. The zero-order chi connectivity index (χ0) is 16.8. The number of hydrogen-bond donors (Lipinski definition) is 1. The predicted octanol–water partition coefficient (Wildman–Crippen LogP) is 5.59. The highest BCUT2D eigenvalue weighted by Gasteiger charge is 2.04. The lowest BCUT2D eigenvalue weighted by atomic mass is 10.1. The molecular weight excluding hydrogens is 333 g/mol. The Kier molecular flexibility index (Phi) is 6.08. The van der Waals surface area contributed by atoms with Crippen LogP contribution >= 0.6 is 23.2 Å². The van der Waals surface area contributed by atoms with Gasteiger partial charge in [-0.15, -0.1) is 0 Å². The van der Waals surface area contributed by atoms with E-state index < -0.39 is 0 Å². The molecule has 0 radical (unpaired) electrons. The van der Waals surface area contributed by atoms with E-state index in [-0.39, 0.29) is 11.9 Å². The quantitative estimate of drug-likeness (QED) is 0.545. The van der Waals surface area contributed by atoms with E-state index in [0.29, 0.717) is 21.3 Å². The summed E-state index contributed by atoms with van der Waals surface area (Å²) in [5.74, 6) is 0.621. The number of anilines is 1. The van der Waals surface area contributed by atoms with E-state index in [2.05, 4.69) is 5.32 Å². The lowest BCUT2D eigenvalue weighted by Gasteiger charge is -2.09. The normalized spacial score (nSPS) is 11.0. The van der Waals surface area contributed by atoms with Crippen molar-refractivity contribution >= 4 is 34.7 Å². The van der Waals surface area contributed by atoms with Gasteiger partial charge in [0.2, 0.25) is 0 Å². The molecular formula is C18H17Cl2NO2. The molecule has 0 aromatic heterocycles. The number of ether oxygens (including phenoxy) is 1. The lowest BCUT2D eigenvalue weighted by molar-refractivity contribution is 0.104. The second kappa shape index (κ2) is 8.04. The first-order valence-electron chi connectivity index (χ1n) is 7.15. The molecule has 0 unspecified atom stereocenters. The van der Waals surface area contributed by atoms with Crippen LogP contribution in [-0.4, -0.2) is 11.9 Å². The molecule has 0 aliphatic heterocycles. The van der Waals surface area contributed by atoms with Crippen molar-refractivity contribution in [2.24, 2.45) is 0 Å². The fourth-order valence-corrected chi connectivity index (χ4v) is 2.23. The molecule has 0 atom stereocenters. The number of ketones is 1. The fraction of sp³-hybridized carbons (Fsp3) is 0.167. The van der Waals surface area contributed by atoms with E-state index in [1.807, 2.05) is 13.8 Å². The average Bonchev–Trinajstić information content (AvgIpc) is 2.50. The Morgan fingerprint density at radius 1 is 1.13 bits per heavy atom. The van der Waals surface area contributed by atoms with Crippen LogP contribution in [0, 0.1) is 0 Å². The van der Waals surface area contributed by atoms with Gasteiger partial charge in [0.1, 0.15) is 5.75 Å². The molecule has 3 nitrogen and oxygen atoms in total. The van der Waals surface area contributed by atoms with Gasteiger partial charge in [0.05, 0.1) is 16.8 Å². The molecule has 1 N–H and O–H groups in total. The summed E-state index contributed by atoms with van der Waals surface area (Å²) < 4.78 is 5.54. The third-order valence-corrected chi connectivity index (χ3v) is 3.48. The Balaban J connectivity index is 1.99. The largest absolute Gasteiger partial charge is 0.491 e. The van der Waals surface area contributed by atoms with E-state index >= 15 is 0 Å². The smallest absolute Gasteiger partial charge is 0.187 e.